The van der Waals surface area contributed by atoms with Crippen LogP contribution in [0.1, 0.15) is 46.4 Å². The van der Waals surface area contributed by atoms with Crippen LogP contribution in [0.15, 0.2) is 54.6 Å². The lowest BCUT2D eigenvalue weighted by atomic mass is 9.88. The van der Waals surface area contributed by atoms with Crippen LogP contribution in [0.4, 0.5) is 0 Å². The first-order valence-corrected chi connectivity index (χ1v) is 11.6. The van der Waals surface area contributed by atoms with Gasteiger partial charge in [-0.05, 0) is 68.0 Å². The van der Waals surface area contributed by atoms with Crippen LogP contribution < -0.4 is 10.1 Å². The number of rotatable bonds is 6. The van der Waals surface area contributed by atoms with Crippen LogP contribution in [0, 0.1) is 5.92 Å². The number of piperidine rings is 1. The Morgan fingerprint density at radius 3 is 2.09 bits per heavy atom. The highest BCUT2D eigenvalue weighted by atomic mass is 16.5. The molecule has 174 valence electrons. The number of likely N-dealkylation sites (tertiary alicyclic amines) is 2. The van der Waals surface area contributed by atoms with Crippen LogP contribution in [-0.2, 0) is 4.79 Å². The fourth-order valence-corrected chi connectivity index (χ4v) is 4.68. The molecule has 1 atom stereocenters. The molecule has 0 bridgehead atoms. The largest absolute Gasteiger partial charge is 0.497 e. The van der Waals surface area contributed by atoms with Gasteiger partial charge in [-0.1, -0.05) is 18.2 Å². The molecule has 0 radical (unpaired) electrons. The van der Waals surface area contributed by atoms with E-state index in [9.17, 15) is 14.4 Å². The average Bonchev–Trinajstić information content (AvgIpc) is 3.42. The highest BCUT2D eigenvalue weighted by molar-refractivity contribution is 5.98. The predicted molar refractivity (Wildman–Crippen MR) is 125 cm³/mol. The first kappa shape index (κ1) is 22.8. The summed E-state index contributed by atoms with van der Waals surface area (Å²) in [7, 11) is 1.58. The van der Waals surface area contributed by atoms with Gasteiger partial charge in [0.05, 0.1) is 7.11 Å². The highest BCUT2D eigenvalue weighted by Crippen LogP contribution is 2.25. The SMILES string of the molecule is COc1ccc(C(=O)N[C@@H](C(=O)N2CCCC2)C2CCN(C(=O)c3ccccc3)CC2)cc1. The monoisotopic (exact) mass is 449 g/mol. The van der Waals surface area contributed by atoms with Crippen molar-refractivity contribution in [1.82, 2.24) is 15.1 Å². The quantitative estimate of drug-likeness (QED) is 0.736. The molecule has 0 saturated carbocycles. The van der Waals surface area contributed by atoms with Gasteiger partial charge in [0.2, 0.25) is 5.91 Å². The maximum absolute atomic E-state index is 13.4. The van der Waals surface area contributed by atoms with Crippen molar-refractivity contribution in [2.24, 2.45) is 5.92 Å². The second kappa shape index (κ2) is 10.5. The van der Waals surface area contributed by atoms with Gasteiger partial charge in [-0.3, -0.25) is 14.4 Å². The standard InChI is InChI=1S/C26H31N3O4/c1-33-22-11-9-20(10-12-22)24(30)27-23(26(32)28-15-5-6-16-28)19-13-17-29(18-14-19)25(31)21-7-3-2-4-8-21/h2-4,7-12,19,23H,5-6,13-18H2,1H3,(H,27,30)/t23-/m1/s1. The van der Waals surface area contributed by atoms with E-state index in [-0.39, 0.29) is 23.6 Å². The maximum atomic E-state index is 13.4. The Morgan fingerprint density at radius 1 is 0.848 bits per heavy atom. The second-order valence-corrected chi connectivity index (χ2v) is 8.71. The van der Waals surface area contributed by atoms with Crippen molar-refractivity contribution in [2.75, 3.05) is 33.3 Å². The number of ether oxygens (including phenoxy) is 1. The Labute approximate surface area is 194 Å². The van der Waals surface area contributed by atoms with Crippen molar-refractivity contribution in [2.45, 2.75) is 31.7 Å². The van der Waals surface area contributed by atoms with Crippen LogP contribution in [0.3, 0.4) is 0 Å². The maximum Gasteiger partial charge on any atom is 0.253 e. The Kier molecular flexibility index (Phi) is 7.27. The number of amides is 3. The van der Waals surface area contributed by atoms with E-state index in [2.05, 4.69) is 5.32 Å². The minimum atomic E-state index is -0.591. The van der Waals surface area contributed by atoms with Crippen LogP contribution in [0.2, 0.25) is 0 Å². The van der Waals surface area contributed by atoms with Crippen molar-refractivity contribution in [3.05, 3.63) is 65.7 Å². The summed E-state index contributed by atoms with van der Waals surface area (Å²) in [6.07, 6.45) is 3.33. The lowest BCUT2D eigenvalue weighted by Crippen LogP contribution is -2.54. The molecule has 3 amide bonds. The van der Waals surface area contributed by atoms with E-state index in [1.165, 1.54) is 0 Å². The Morgan fingerprint density at radius 2 is 1.48 bits per heavy atom. The van der Waals surface area contributed by atoms with Crippen LogP contribution in [-0.4, -0.2) is 66.9 Å². The summed E-state index contributed by atoms with van der Waals surface area (Å²) in [6.45, 7) is 2.61. The van der Waals surface area contributed by atoms with Gasteiger partial charge < -0.3 is 19.9 Å². The number of hydrogen-bond donors (Lipinski definition) is 1. The van der Waals surface area contributed by atoms with Gasteiger partial charge in [0.15, 0.2) is 0 Å². The van der Waals surface area contributed by atoms with Gasteiger partial charge in [0.25, 0.3) is 11.8 Å². The van der Waals surface area contributed by atoms with E-state index >= 15 is 0 Å². The summed E-state index contributed by atoms with van der Waals surface area (Å²) in [5, 5.41) is 3.02. The Balaban J connectivity index is 1.45. The van der Waals surface area contributed by atoms with Crippen molar-refractivity contribution >= 4 is 17.7 Å². The molecule has 0 unspecified atom stereocenters. The molecule has 2 saturated heterocycles. The van der Waals surface area contributed by atoms with E-state index in [0.29, 0.717) is 42.8 Å². The molecular formula is C26H31N3O4. The zero-order valence-electron chi connectivity index (χ0n) is 19.0. The Hall–Kier alpha value is -3.35. The molecule has 4 rings (SSSR count). The lowest BCUT2D eigenvalue weighted by Gasteiger charge is -2.37. The molecule has 2 aliphatic heterocycles. The summed E-state index contributed by atoms with van der Waals surface area (Å²) in [5.41, 5.74) is 1.17. The third kappa shape index (κ3) is 5.35. The number of carbonyl (C=O) groups excluding carboxylic acids is 3. The molecule has 0 spiro atoms. The number of carbonyl (C=O) groups is 3. The average molecular weight is 450 g/mol. The molecule has 2 fully saturated rings. The predicted octanol–water partition coefficient (Wildman–Crippen LogP) is 2.97. The minimum Gasteiger partial charge on any atom is -0.497 e. The lowest BCUT2D eigenvalue weighted by molar-refractivity contribution is -0.134. The molecule has 2 heterocycles. The number of nitrogens with one attached hydrogen (secondary N) is 1. The first-order chi connectivity index (χ1) is 16.1. The molecule has 2 aromatic rings. The summed E-state index contributed by atoms with van der Waals surface area (Å²) in [4.78, 5) is 42.9. The van der Waals surface area contributed by atoms with Crippen LogP contribution in [0.5, 0.6) is 5.75 Å². The molecule has 0 aliphatic carbocycles. The van der Waals surface area contributed by atoms with Crippen LogP contribution in [0.25, 0.3) is 0 Å². The zero-order valence-corrected chi connectivity index (χ0v) is 19.0. The number of nitrogens with zero attached hydrogens (tertiary/aromatic N) is 2. The smallest absolute Gasteiger partial charge is 0.253 e. The van der Waals surface area contributed by atoms with Crippen molar-refractivity contribution in [1.29, 1.82) is 0 Å². The van der Waals surface area contributed by atoms with E-state index < -0.39 is 6.04 Å². The van der Waals surface area contributed by atoms with E-state index in [1.54, 1.807) is 31.4 Å². The topological polar surface area (TPSA) is 79.0 Å². The summed E-state index contributed by atoms with van der Waals surface area (Å²) < 4.78 is 5.17. The van der Waals surface area contributed by atoms with Gasteiger partial charge in [-0.2, -0.15) is 0 Å². The van der Waals surface area contributed by atoms with Crippen molar-refractivity contribution in [3.63, 3.8) is 0 Å². The molecule has 0 aromatic heterocycles. The zero-order chi connectivity index (χ0) is 23.2. The summed E-state index contributed by atoms with van der Waals surface area (Å²) in [6, 6.07) is 15.5. The van der Waals surface area contributed by atoms with Gasteiger partial charge in [-0.25, -0.2) is 0 Å². The molecular weight excluding hydrogens is 418 g/mol. The second-order valence-electron chi connectivity index (χ2n) is 8.71. The third-order valence-electron chi connectivity index (χ3n) is 6.64. The number of hydrogen-bond acceptors (Lipinski definition) is 4. The van der Waals surface area contributed by atoms with Crippen molar-refractivity contribution in [3.8, 4) is 5.75 Å². The Bertz CT molecular complexity index is 963. The van der Waals surface area contributed by atoms with E-state index in [0.717, 1.165) is 25.9 Å². The summed E-state index contributed by atoms with van der Waals surface area (Å²) >= 11 is 0. The normalized spacial score (nSPS) is 17.5. The van der Waals surface area contributed by atoms with Gasteiger partial charge in [0.1, 0.15) is 11.8 Å². The van der Waals surface area contributed by atoms with E-state index in [4.69, 9.17) is 4.74 Å². The summed E-state index contributed by atoms with van der Waals surface area (Å²) in [5.74, 6) is 0.394. The molecule has 33 heavy (non-hydrogen) atoms. The van der Waals surface area contributed by atoms with Gasteiger partial charge in [0, 0.05) is 37.3 Å². The van der Waals surface area contributed by atoms with Crippen molar-refractivity contribution < 1.29 is 19.1 Å². The van der Waals surface area contributed by atoms with Gasteiger partial charge >= 0.3 is 0 Å². The molecule has 7 heteroatoms. The number of methoxy groups -OCH3 is 1. The highest BCUT2D eigenvalue weighted by Gasteiger charge is 2.37. The first-order valence-electron chi connectivity index (χ1n) is 11.6. The fourth-order valence-electron chi connectivity index (χ4n) is 4.68. The van der Waals surface area contributed by atoms with E-state index in [1.807, 2.05) is 40.1 Å². The molecule has 1 N–H and O–H groups in total. The molecule has 2 aromatic carbocycles. The van der Waals surface area contributed by atoms with Gasteiger partial charge in [-0.15, -0.1) is 0 Å². The van der Waals surface area contributed by atoms with Crippen LogP contribution >= 0.6 is 0 Å². The fraction of sp³-hybridized carbons (Fsp3) is 0.423. The third-order valence-corrected chi connectivity index (χ3v) is 6.64. The number of benzene rings is 2. The minimum absolute atomic E-state index is 0.0119. The molecule has 2 aliphatic rings. The molecule has 7 nitrogen and oxygen atoms in total.